The number of rotatable bonds is 7. The fourth-order valence-corrected chi connectivity index (χ4v) is 2.06. The topological polar surface area (TPSA) is 116 Å². The number of aliphatic carboxylic acids is 1. The maximum absolute atomic E-state index is 11.9. The van der Waals surface area contributed by atoms with Crippen LogP contribution in [0.2, 0.25) is 0 Å². The maximum atomic E-state index is 11.9. The summed E-state index contributed by atoms with van der Waals surface area (Å²) >= 11 is 1.27. The third-order valence-corrected chi connectivity index (χ3v) is 3.20. The summed E-state index contributed by atoms with van der Waals surface area (Å²) in [5, 5.41) is 14.5. The lowest BCUT2D eigenvalue weighted by Gasteiger charge is -2.15. The first-order valence-corrected chi connectivity index (χ1v) is 6.82. The number of carboxylic acids is 1. The van der Waals surface area contributed by atoms with E-state index in [2.05, 4.69) is 10.6 Å². The van der Waals surface area contributed by atoms with E-state index in [0.717, 1.165) is 0 Å². The van der Waals surface area contributed by atoms with Gasteiger partial charge in [-0.3, -0.25) is 19.2 Å². The average molecular weight is 313 g/mol. The molecule has 0 saturated carbocycles. The predicted molar refractivity (Wildman–Crippen MR) is 74.9 cm³/mol. The molecule has 0 saturated heterocycles. The molecule has 0 radical (unpaired) electrons. The van der Waals surface area contributed by atoms with Gasteiger partial charge in [-0.05, 0) is 11.4 Å². The number of amides is 3. The Morgan fingerprint density at radius 2 is 1.86 bits per heavy atom. The van der Waals surface area contributed by atoms with Gasteiger partial charge >= 0.3 is 5.97 Å². The van der Waals surface area contributed by atoms with Crippen molar-refractivity contribution in [1.82, 2.24) is 15.5 Å². The van der Waals surface area contributed by atoms with Gasteiger partial charge in [0.25, 0.3) is 5.91 Å². The van der Waals surface area contributed by atoms with E-state index >= 15 is 0 Å². The number of carbonyl (C=O) groups is 4. The third-order valence-electron chi connectivity index (χ3n) is 2.34. The second-order valence-electron chi connectivity index (χ2n) is 4.09. The van der Waals surface area contributed by atoms with Gasteiger partial charge in [0.1, 0.15) is 6.54 Å². The smallest absolute Gasteiger partial charge is 0.322 e. The molecule has 21 heavy (non-hydrogen) atoms. The first-order valence-electron chi connectivity index (χ1n) is 5.94. The molecule has 0 aromatic carbocycles. The van der Waals surface area contributed by atoms with Crippen molar-refractivity contribution in [1.29, 1.82) is 0 Å². The molecular weight excluding hydrogens is 298 g/mol. The van der Waals surface area contributed by atoms with Crippen molar-refractivity contribution in [2.75, 3.05) is 26.7 Å². The van der Waals surface area contributed by atoms with Gasteiger partial charge in [-0.1, -0.05) is 6.07 Å². The van der Waals surface area contributed by atoms with Crippen molar-refractivity contribution < 1.29 is 24.3 Å². The zero-order valence-corrected chi connectivity index (χ0v) is 12.1. The minimum absolute atomic E-state index is 0.192. The molecule has 0 aliphatic rings. The van der Waals surface area contributed by atoms with Crippen LogP contribution in [-0.4, -0.2) is 60.4 Å². The Bertz CT molecular complexity index is 529. The quantitative estimate of drug-likeness (QED) is 0.605. The van der Waals surface area contributed by atoms with Crippen LogP contribution in [0.1, 0.15) is 9.67 Å². The second-order valence-corrected chi connectivity index (χ2v) is 5.03. The van der Waals surface area contributed by atoms with Crippen molar-refractivity contribution in [2.45, 2.75) is 0 Å². The first kappa shape index (κ1) is 16.6. The minimum atomic E-state index is -1.17. The fraction of sp³-hybridized carbons (Fsp3) is 0.333. The van der Waals surface area contributed by atoms with Crippen LogP contribution in [0.3, 0.4) is 0 Å². The van der Waals surface area contributed by atoms with Crippen molar-refractivity contribution in [3.63, 3.8) is 0 Å². The van der Waals surface area contributed by atoms with Crippen LogP contribution < -0.4 is 10.6 Å². The predicted octanol–water partition coefficient (Wildman–Crippen LogP) is -0.863. The van der Waals surface area contributed by atoms with E-state index in [0.29, 0.717) is 4.88 Å². The highest BCUT2D eigenvalue weighted by atomic mass is 32.1. The molecule has 0 aliphatic carbocycles. The van der Waals surface area contributed by atoms with Crippen LogP contribution in [0.5, 0.6) is 0 Å². The summed E-state index contributed by atoms with van der Waals surface area (Å²) in [6, 6.07) is 3.39. The highest BCUT2D eigenvalue weighted by molar-refractivity contribution is 7.12. The Balaban J connectivity index is 2.31. The second kappa shape index (κ2) is 8.00. The summed E-state index contributed by atoms with van der Waals surface area (Å²) < 4.78 is 0. The number of nitrogens with one attached hydrogen (secondary N) is 2. The van der Waals surface area contributed by atoms with Crippen LogP contribution in [0.25, 0.3) is 0 Å². The fourth-order valence-electron chi connectivity index (χ4n) is 1.35. The monoisotopic (exact) mass is 313 g/mol. The van der Waals surface area contributed by atoms with E-state index in [1.165, 1.54) is 23.3 Å². The molecule has 0 fully saturated rings. The Morgan fingerprint density at radius 1 is 1.19 bits per heavy atom. The van der Waals surface area contributed by atoms with Crippen LogP contribution in [0.4, 0.5) is 0 Å². The number of nitrogens with zero attached hydrogens (tertiary/aromatic N) is 1. The number of hydrogen-bond acceptors (Lipinski definition) is 5. The Hall–Kier alpha value is -2.42. The molecule has 0 atom stereocenters. The molecule has 3 amide bonds. The van der Waals surface area contributed by atoms with Gasteiger partial charge in [0.15, 0.2) is 0 Å². The molecule has 114 valence electrons. The van der Waals surface area contributed by atoms with E-state index in [1.54, 1.807) is 17.5 Å². The molecule has 8 nitrogen and oxygen atoms in total. The van der Waals surface area contributed by atoms with Gasteiger partial charge in [0.2, 0.25) is 11.8 Å². The summed E-state index contributed by atoms with van der Waals surface area (Å²) in [7, 11) is 1.48. The number of thiophene rings is 1. The highest BCUT2D eigenvalue weighted by Gasteiger charge is 2.16. The highest BCUT2D eigenvalue weighted by Crippen LogP contribution is 2.10. The standard InChI is InChI=1S/C12H15N3O5S/c1-15(12(20)8-3-2-4-21-8)7-10(17)13-5-9(16)14-6-11(18)19/h2-4H,5-7H2,1H3,(H,13,17)(H,14,16)(H,18,19). The zero-order valence-electron chi connectivity index (χ0n) is 11.3. The van der Waals surface area contributed by atoms with E-state index in [1.807, 2.05) is 0 Å². The molecule has 1 heterocycles. The van der Waals surface area contributed by atoms with Gasteiger partial charge in [0, 0.05) is 7.05 Å². The molecule has 1 aromatic rings. The third kappa shape index (κ3) is 6.04. The van der Waals surface area contributed by atoms with Crippen molar-refractivity contribution in [3.8, 4) is 0 Å². The molecule has 1 rings (SSSR count). The summed E-state index contributed by atoms with van der Waals surface area (Å²) in [6.07, 6.45) is 0. The summed E-state index contributed by atoms with van der Waals surface area (Å²) in [4.78, 5) is 46.6. The van der Waals surface area contributed by atoms with Gasteiger partial charge < -0.3 is 20.6 Å². The van der Waals surface area contributed by atoms with Gasteiger partial charge in [-0.2, -0.15) is 0 Å². The largest absolute Gasteiger partial charge is 0.480 e. The molecule has 1 aromatic heterocycles. The zero-order chi connectivity index (χ0) is 15.8. The van der Waals surface area contributed by atoms with Crippen molar-refractivity contribution >= 4 is 35.0 Å². The Morgan fingerprint density at radius 3 is 2.43 bits per heavy atom. The molecule has 3 N–H and O–H groups in total. The first-order chi connectivity index (χ1) is 9.90. The molecule has 9 heteroatoms. The van der Waals surface area contributed by atoms with E-state index in [9.17, 15) is 19.2 Å². The lowest BCUT2D eigenvalue weighted by Crippen LogP contribution is -2.43. The molecular formula is C12H15N3O5S. The summed E-state index contributed by atoms with van der Waals surface area (Å²) in [5.74, 6) is -2.57. The summed E-state index contributed by atoms with van der Waals surface area (Å²) in [6.45, 7) is -1.04. The number of likely N-dealkylation sites (N-methyl/N-ethyl adjacent to an activating group) is 1. The number of carbonyl (C=O) groups excluding carboxylic acids is 3. The molecule has 0 unspecified atom stereocenters. The number of hydrogen-bond donors (Lipinski definition) is 3. The van der Waals surface area contributed by atoms with Gasteiger partial charge in [0.05, 0.1) is 18.0 Å². The SMILES string of the molecule is CN(CC(=O)NCC(=O)NCC(=O)O)C(=O)c1cccs1. The lowest BCUT2D eigenvalue weighted by molar-refractivity contribution is -0.137. The maximum Gasteiger partial charge on any atom is 0.322 e. The van der Waals surface area contributed by atoms with Crippen LogP contribution in [0.15, 0.2) is 17.5 Å². The van der Waals surface area contributed by atoms with E-state index in [-0.39, 0.29) is 19.0 Å². The van der Waals surface area contributed by atoms with Crippen molar-refractivity contribution in [3.05, 3.63) is 22.4 Å². The van der Waals surface area contributed by atoms with E-state index < -0.39 is 24.3 Å². The normalized spacial score (nSPS) is 9.76. The van der Waals surface area contributed by atoms with Gasteiger partial charge in [-0.25, -0.2) is 0 Å². The Kier molecular flexibility index (Phi) is 6.34. The minimum Gasteiger partial charge on any atom is -0.480 e. The van der Waals surface area contributed by atoms with Crippen LogP contribution >= 0.6 is 11.3 Å². The van der Waals surface area contributed by atoms with Crippen LogP contribution in [-0.2, 0) is 14.4 Å². The molecule has 0 aliphatic heterocycles. The molecule has 0 bridgehead atoms. The molecule has 0 spiro atoms. The average Bonchev–Trinajstić information content (AvgIpc) is 2.95. The van der Waals surface area contributed by atoms with Gasteiger partial charge in [-0.15, -0.1) is 11.3 Å². The van der Waals surface area contributed by atoms with Crippen molar-refractivity contribution in [2.24, 2.45) is 0 Å². The Labute approximate surface area is 124 Å². The van der Waals surface area contributed by atoms with E-state index in [4.69, 9.17) is 5.11 Å². The van der Waals surface area contributed by atoms with Crippen LogP contribution in [0, 0.1) is 0 Å². The number of carboxylic acid groups (broad SMARTS) is 1. The lowest BCUT2D eigenvalue weighted by atomic mass is 10.4. The summed E-state index contributed by atoms with van der Waals surface area (Å²) in [5.41, 5.74) is 0.